The third kappa shape index (κ3) is 2.69. The van der Waals surface area contributed by atoms with Crippen LogP contribution in [0.5, 0.6) is 0 Å². The van der Waals surface area contributed by atoms with Crippen LogP contribution in [-0.2, 0) is 6.42 Å². The van der Waals surface area contributed by atoms with E-state index >= 15 is 0 Å². The van der Waals surface area contributed by atoms with Gasteiger partial charge in [0.25, 0.3) is 0 Å². The van der Waals surface area contributed by atoms with Gasteiger partial charge in [0.2, 0.25) is 0 Å². The van der Waals surface area contributed by atoms with Crippen LogP contribution in [0.15, 0.2) is 60.7 Å². The average molecular weight is 295 g/mol. The van der Waals surface area contributed by atoms with Gasteiger partial charge in [-0.25, -0.2) is 0 Å². The van der Waals surface area contributed by atoms with Gasteiger partial charge in [-0.05, 0) is 46.4 Å². The fourth-order valence-corrected chi connectivity index (χ4v) is 3.27. The Morgan fingerprint density at radius 2 is 1.62 bits per heavy atom. The molecular formula is C20H19Cl. The largest absolute Gasteiger partial charge is 0.113 e. The number of benzene rings is 3. The van der Waals surface area contributed by atoms with Crippen LogP contribution in [-0.4, -0.2) is 0 Å². The second-order valence-corrected chi connectivity index (χ2v) is 5.91. The topological polar surface area (TPSA) is 0 Å². The molecule has 3 rings (SSSR count). The van der Waals surface area contributed by atoms with Crippen molar-refractivity contribution in [2.24, 2.45) is 0 Å². The van der Waals surface area contributed by atoms with Gasteiger partial charge in [-0.2, -0.15) is 0 Å². The molecule has 0 amide bonds. The van der Waals surface area contributed by atoms with E-state index in [0.29, 0.717) is 0 Å². The van der Waals surface area contributed by atoms with E-state index in [2.05, 4.69) is 74.5 Å². The second-order valence-electron chi connectivity index (χ2n) is 5.47. The predicted molar refractivity (Wildman–Crippen MR) is 92.2 cm³/mol. The zero-order valence-corrected chi connectivity index (χ0v) is 13.2. The molecule has 1 heteroatoms. The number of aryl methyl sites for hydroxylation is 2. The Labute approximate surface area is 131 Å². The molecule has 0 fully saturated rings. The summed E-state index contributed by atoms with van der Waals surface area (Å²) in [5.74, 6) is 0. The summed E-state index contributed by atoms with van der Waals surface area (Å²) >= 11 is 6.81. The molecule has 0 aliphatic rings. The lowest BCUT2D eigenvalue weighted by Gasteiger charge is -2.17. The van der Waals surface area contributed by atoms with Crippen molar-refractivity contribution in [1.29, 1.82) is 0 Å². The zero-order valence-electron chi connectivity index (χ0n) is 12.4. The molecule has 0 bridgehead atoms. The van der Waals surface area contributed by atoms with E-state index in [1.54, 1.807) is 0 Å². The van der Waals surface area contributed by atoms with E-state index < -0.39 is 0 Å². The molecule has 21 heavy (non-hydrogen) atoms. The fourth-order valence-electron chi connectivity index (χ4n) is 2.83. The molecule has 3 aromatic rings. The molecule has 0 aromatic heterocycles. The quantitative estimate of drug-likeness (QED) is 0.517. The SMILES string of the molecule is CCc1ccc(C(Cl)c2c(C)ccc3ccccc23)cc1. The van der Waals surface area contributed by atoms with Crippen molar-refractivity contribution in [3.05, 3.63) is 82.9 Å². The molecule has 0 aliphatic carbocycles. The first-order valence-corrected chi connectivity index (χ1v) is 7.85. The lowest BCUT2D eigenvalue weighted by atomic mass is 9.93. The molecule has 0 aliphatic heterocycles. The van der Waals surface area contributed by atoms with Crippen molar-refractivity contribution in [3.63, 3.8) is 0 Å². The van der Waals surface area contributed by atoms with Crippen LogP contribution in [0, 0.1) is 6.92 Å². The lowest BCUT2D eigenvalue weighted by Crippen LogP contribution is -1.98. The number of hydrogen-bond acceptors (Lipinski definition) is 0. The van der Waals surface area contributed by atoms with Gasteiger partial charge in [0.15, 0.2) is 0 Å². The van der Waals surface area contributed by atoms with Gasteiger partial charge >= 0.3 is 0 Å². The van der Waals surface area contributed by atoms with Crippen LogP contribution >= 0.6 is 11.6 Å². The minimum absolute atomic E-state index is 0.109. The predicted octanol–water partition coefficient (Wildman–Crippen LogP) is 6.04. The maximum Gasteiger partial charge on any atom is 0.0843 e. The Kier molecular flexibility index (Phi) is 3.98. The minimum Gasteiger partial charge on any atom is -0.113 e. The summed E-state index contributed by atoms with van der Waals surface area (Å²) in [7, 11) is 0. The van der Waals surface area contributed by atoms with Crippen LogP contribution in [0.25, 0.3) is 10.8 Å². The smallest absolute Gasteiger partial charge is 0.0843 e. The van der Waals surface area contributed by atoms with Crippen LogP contribution in [0.4, 0.5) is 0 Å². The van der Waals surface area contributed by atoms with Crippen molar-refractivity contribution >= 4 is 22.4 Å². The standard InChI is InChI=1S/C20H19Cl/c1-3-15-9-12-17(13-10-15)20(21)19-14(2)8-11-16-6-4-5-7-18(16)19/h4-13,20H,3H2,1-2H3. The Balaban J connectivity index is 2.12. The van der Waals surface area contributed by atoms with Crippen molar-refractivity contribution in [1.82, 2.24) is 0 Å². The molecule has 0 radical (unpaired) electrons. The first-order chi connectivity index (χ1) is 10.2. The highest BCUT2D eigenvalue weighted by molar-refractivity contribution is 6.23. The highest BCUT2D eigenvalue weighted by Gasteiger charge is 2.16. The highest BCUT2D eigenvalue weighted by Crippen LogP contribution is 2.36. The second kappa shape index (κ2) is 5.91. The van der Waals surface area contributed by atoms with E-state index in [1.165, 1.54) is 27.5 Å². The van der Waals surface area contributed by atoms with E-state index in [9.17, 15) is 0 Å². The lowest BCUT2D eigenvalue weighted by molar-refractivity contribution is 1.10. The molecule has 0 N–H and O–H groups in total. The van der Waals surface area contributed by atoms with Crippen molar-refractivity contribution in [2.45, 2.75) is 25.6 Å². The van der Waals surface area contributed by atoms with Crippen molar-refractivity contribution in [2.75, 3.05) is 0 Å². The maximum absolute atomic E-state index is 6.81. The third-order valence-electron chi connectivity index (χ3n) is 4.12. The van der Waals surface area contributed by atoms with Crippen LogP contribution in [0.1, 0.15) is 34.6 Å². The summed E-state index contributed by atoms with van der Waals surface area (Å²) in [5.41, 5.74) is 4.97. The number of hydrogen-bond donors (Lipinski definition) is 0. The van der Waals surface area contributed by atoms with Crippen LogP contribution in [0.2, 0.25) is 0 Å². The molecule has 0 saturated heterocycles. The zero-order chi connectivity index (χ0) is 14.8. The summed E-state index contributed by atoms with van der Waals surface area (Å²) in [4.78, 5) is 0. The molecule has 1 unspecified atom stereocenters. The van der Waals surface area contributed by atoms with Crippen molar-refractivity contribution < 1.29 is 0 Å². The van der Waals surface area contributed by atoms with E-state index in [-0.39, 0.29) is 5.38 Å². The highest BCUT2D eigenvalue weighted by atomic mass is 35.5. The molecule has 3 aromatic carbocycles. The van der Waals surface area contributed by atoms with Gasteiger partial charge in [-0.1, -0.05) is 67.6 Å². The van der Waals surface area contributed by atoms with Gasteiger partial charge in [0.1, 0.15) is 0 Å². The molecule has 0 heterocycles. The van der Waals surface area contributed by atoms with Gasteiger partial charge in [0.05, 0.1) is 5.38 Å². The summed E-state index contributed by atoms with van der Waals surface area (Å²) in [6.45, 7) is 4.31. The number of halogens is 1. The third-order valence-corrected chi connectivity index (χ3v) is 4.59. The molecule has 106 valence electrons. The fraction of sp³-hybridized carbons (Fsp3) is 0.200. The number of fused-ring (bicyclic) bond motifs is 1. The first kappa shape index (κ1) is 14.2. The van der Waals surface area contributed by atoms with Gasteiger partial charge in [-0.15, -0.1) is 11.6 Å². The first-order valence-electron chi connectivity index (χ1n) is 7.42. The summed E-state index contributed by atoms with van der Waals surface area (Å²) < 4.78 is 0. The Bertz CT molecular complexity index is 756. The maximum atomic E-state index is 6.81. The van der Waals surface area contributed by atoms with Gasteiger partial charge < -0.3 is 0 Å². The molecule has 0 nitrogen and oxygen atoms in total. The monoisotopic (exact) mass is 294 g/mol. The number of rotatable bonds is 3. The molecular weight excluding hydrogens is 276 g/mol. The molecule has 1 atom stereocenters. The van der Waals surface area contributed by atoms with Gasteiger partial charge in [0, 0.05) is 0 Å². The minimum atomic E-state index is -0.109. The summed E-state index contributed by atoms with van der Waals surface area (Å²) in [6.07, 6.45) is 1.06. The average Bonchev–Trinajstić information content (AvgIpc) is 2.54. The normalized spacial score (nSPS) is 12.5. The summed E-state index contributed by atoms with van der Waals surface area (Å²) in [6, 6.07) is 21.4. The van der Waals surface area contributed by atoms with Crippen LogP contribution < -0.4 is 0 Å². The van der Waals surface area contributed by atoms with Crippen molar-refractivity contribution in [3.8, 4) is 0 Å². The molecule has 0 saturated carbocycles. The van der Waals surface area contributed by atoms with Gasteiger partial charge in [-0.3, -0.25) is 0 Å². The van der Waals surface area contributed by atoms with E-state index in [1.807, 2.05) is 0 Å². The van der Waals surface area contributed by atoms with Crippen LogP contribution in [0.3, 0.4) is 0 Å². The van der Waals surface area contributed by atoms with E-state index in [0.717, 1.165) is 12.0 Å². The Hall–Kier alpha value is -1.79. The molecule has 0 spiro atoms. The Morgan fingerprint density at radius 3 is 2.33 bits per heavy atom. The van der Waals surface area contributed by atoms with E-state index in [4.69, 9.17) is 11.6 Å². The summed E-state index contributed by atoms with van der Waals surface area (Å²) in [5, 5.41) is 2.38. The Morgan fingerprint density at radius 1 is 0.905 bits per heavy atom. The number of alkyl halides is 1.